The van der Waals surface area contributed by atoms with Crippen molar-refractivity contribution in [1.82, 2.24) is 9.47 Å². The number of benzene rings is 1. The predicted molar refractivity (Wildman–Crippen MR) is 88.6 cm³/mol. The number of rotatable bonds is 2. The molecule has 0 aliphatic carbocycles. The Morgan fingerprint density at radius 2 is 1.91 bits per heavy atom. The molecule has 7 heteroatoms. The van der Waals surface area contributed by atoms with E-state index in [9.17, 15) is 9.18 Å². The minimum absolute atomic E-state index is 0.108. The molecule has 2 heterocycles. The van der Waals surface area contributed by atoms with E-state index in [0.717, 1.165) is 43.7 Å². The Morgan fingerprint density at radius 3 is 2.59 bits per heavy atom. The number of piperidine rings is 1. The summed E-state index contributed by atoms with van der Waals surface area (Å²) < 4.78 is 15.8. The molecule has 3 rings (SSSR count). The molecule has 0 unspecified atom stereocenters. The number of anilines is 1. The lowest BCUT2D eigenvalue weighted by Gasteiger charge is -2.26. The fourth-order valence-electron chi connectivity index (χ4n) is 2.64. The van der Waals surface area contributed by atoms with E-state index in [1.807, 2.05) is 0 Å². The van der Waals surface area contributed by atoms with Crippen molar-refractivity contribution in [2.45, 2.75) is 19.3 Å². The molecule has 2 aromatic rings. The van der Waals surface area contributed by atoms with Gasteiger partial charge in [0.05, 0.1) is 5.69 Å². The summed E-state index contributed by atoms with van der Waals surface area (Å²) in [4.78, 5) is 14.8. The third-order valence-corrected chi connectivity index (χ3v) is 5.15. The van der Waals surface area contributed by atoms with Crippen molar-refractivity contribution in [2.75, 3.05) is 18.8 Å². The van der Waals surface area contributed by atoms with Crippen molar-refractivity contribution < 1.29 is 9.18 Å². The summed E-state index contributed by atoms with van der Waals surface area (Å²) >= 11 is 6.43. The van der Waals surface area contributed by atoms with Gasteiger partial charge in [-0.05, 0) is 43.6 Å². The van der Waals surface area contributed by atoms with Gasteiger partial charge in [-0.3, -0.25) is 9.36 Å². The Balaban J connectivity index is 2.02. The number of halogens is 1. The van der Waals surface area contributed by atoms with Crippen LogP contribution in [0.2, 0.25) is 0 Å². The molecular formula is C15H16FN3OS2. The minimum atomic E-state index is -0.417. The molecule has 0 spiro atoms. The van der Waals surface area contributed by atoms with Crippen LogP contribution >= 0.6 is 23.6 Å². The average molecular weight is 337 g/mol. The van der Waals surface area contributed by atoms with E-state index in [1.165, 1.54) is 10.6 Å². The first kappa shape index (κ1) is 15.2. The number of para-hydroxylation sites is 1. The molecule has 1 aromatic carbocycles. The Bertz CT molecular complexity index is 762. The molecular weight excluding hydrogens is 321 g/mol. The van der Waals surface area contributed by atoms with E-state index in [0.29, 0.717) is 8.83 Å². The average Bonchev–Trinajstić information content (AvgIpc) is 2.83. The fourth-order valence-corrected chi connectivity index (χ4v) is 3.96. The van der Waals surface area contributed by atoms with Crippen molar-refractivity contribution in [3.05, 3.63) is 38.9 Å². The Morgan fingerprint density at radius 1 is 1.23 bits per heavy atom. The number of likely N-dealkylation sites (tertiary alicyclic amines) is 1. The molecule has 0 bridgehead atoms. The predicted octanol–water partition coefficient (Wildman–Crippen LogP) is 3.62. The van der Waals surface area contributed by atoms with Crippen molar-refractivity contribution in [1.29, 1.82) is 0 Å². The molecule has 0 atom stereocenters. The Labute approximate surface area is 137 Å². The molecule has 116 valence electrons. The number of nitrogens with zero attached hydrogens (tertiary/aromatic N) is 2. The zero-order valence-electron chi connectivity index (χ0n) is 11.9. The molecule has 0 saturated carbocycles. The highest BCUT2D eigenvalue weighted by atomic mass is 32.1. The molecule has 4 nitrogen and oxygen atoms in total. The van der Waals surface area contributed by atoms with Gasteiger partial charge in [0.15, 0.2) is 3.95 Å². The van der Waals surface area contributed by atoms with Crippen LogP contribution in [0.3, 0.4) is 0 Å². The maximum absolute atomic E-state index is 14.0. The van der Waals surface area contributed by atoms with E-state index in [1.54, 1.807) is 23.1 Å². The van der Waals surface area contributed by atoms with Gasteiger partial charge in [-0.1, -0.05) is 23.5 Å². The van der Waals surface area contributed by atoms with Crippen molar-refractivity contribution in [3.63, 3.8) is 0 Å². The number of aromatic nitrogens is 1. The molecule has 1 amide bonds. The first-order valence-corrected chi connectivity index (χ1v) is 8.37. The Kier molecular flexibility index (Phi) is 4.26. The highest BCUT2D eigenvalue weighted by molar-refractivity contribution is 7.73. The summed E-state index contributed by atoms with van der Waals surface area (Å²) in [7, 11) is 0. The fraction of sp³-hybridized carbons (Fsp3) is 0.333. The number of nitrogen functional groups attached to an aromatic ring is 1. The van der Waals surface area contributed by atoms with Gasteiger partial charge in [0.25, 0.3) is 5.91 Å². The maximum atomic E-state index is 14.0. The molecule has 1 aromatic heterocycles. The minimum Gasteiger partial charge on any atom is -0.383 e. The van der Waals surface area contributed by atoms with Gasteiger partial charge in [0.1, 0.15) is 16.5 Å². The lowest BCUT2D eigenvalue weighted by Crippen LogP contribution is -2.35. The van der Waals surface area contributed by atoms with E-state index in [2.05, 4.69) is 0 Å². The lowest BCUT2D eigenvalue weighted by molar-refractivity contribution is 0.0730. The van der Waals surface area contributed by atoms with Crippen molar-refractivity contribution in [2.24, 2.45) is 0 Å². The number of amides is 1. The van der Waals surface area contributed by atoms with Gasteiger partial charge in [-0.25, -0.2) is 4.39 Å². The first-order chi connectivity index (χ1) is 10.6. The largest absolute Gasteiger partial charge is 0.383 e. The van der Waals surface area contributed by atoms with Gasteiger partial charge >= 0.3 is 0 Å². The first-order valence-electron chi connectivity index (χ1n) is 7.15. The van der Waals surface area contributed by atoms with Crippen LogP contribution in [-0.2, 0) is 0 Å². The van der Waals surface area contributed by atoms with E-state index in [4.69, 9.17) is 18.0 Å². The zero-order chi connectivity index (χ0) is 15.7. The topological polar surface area (TPSA) is 51.3 Å². The van der Waals surface area contributed by atoms with Gasteiger partial charge in [0, 0.05) is 13.1 Å². The number of carbonyl (C=O) groups excluding carboxylic acids is 1. The summed E-state index contributed by atoms with van der Waals surface area (Å²) in [6.07, 6.45) is 3.15. The van der Waals surface area contributed by atoms with Gasteiger partial charge in [-0.15, -0.1) is 0 Å². The van der Waals surface area contributed by atoms with Crippen LogP contribution < -0.4 is 5.73 Å². The zero-order valence-corrected chi connectivity index (χ0v) is 13.6. The summed E-state index contributed by atoms with van der Waals surface area (Å²) in [5.74, 6) is -0.306. The Hall–Kier alpha value is -1.73. The maximum Gasteiger partial charge on any atom is 0.267 e. The monoisotopic (exact) mass is 337 g/mol. The third-order valence-electron chi connectivity index (χ3n) is 3.78. The van der Waals surface area contributed by atoms with Crippen LogP contribution in [0.15, 0.2) is 24.3 Å². The normalized spacial score (nSPS) is 15.0. The molecule has 1 saturated heterocycles. The van der Waals surface area contributed by atoms with E-state index < -0.39 is 5.82 Å². The highest BCUT2D eigenvalue weighted by Crippen LogP contribution is 2.29. The highest BCUT2D eigenvalue weighted by Gasteiger charge is 2.24. The second kappa shape index (κ2) is 6.18. The van der Waals surface area contributed by atoms with Crippen LogP contribution in [0, 0.1) is 9.77 Å². The molecule has 1 fully saturated rings. The standard InChI is InChI=1S/C15H16FN3OS2/c16-10-6-2-3-7-11(10)19-13(17)12(22-15(19)21)14(20)18-8-4-1-5-9-18/h2-3,6-7H,1,4-5,8-9,17H2. The summed E-state index contributed by atoms with van der Waals surface area (Å²) in [5.41, 5.74) is 6.38. The van der Waals surface area contributed by atoms with E-state index in [-0.39, 0.29) is 17.4 Å². The summed E-state index contributed by atoms with van der Waals surface area (Å²) in [6, 6.07) is 6.26. The number of hydrogen-bond acceptors (Lipinski definition) is 4. The third kappa shape index (κ3) is 2.66. The van der Waals surface area contributed by atoms with Gasteiger partial charge < -0.3 is 10.6 Å². The molecule has 1 aliphatic rings. The molecule has 1 aliphatic heterocycles. The molecule has 22 heavy (non-hydrogen) atoms. The SMILES string of the molecule is Nc1c(C(=O)N2CCCCC2)sc(=S)n1-c1ccccc1F. The van der Waals surface area contributed by atoms with Crippen LogP contribution in [0.1, 0.15) is 28.9 Å². The van der Waals surface area contributed by atoms with Gasteiger partial charge in [-0.2, -0.15) is 0 Å². The van der Waals surface area contributed by atoms with Crippen molar-refractivity contribution in [3.8, 4) is 5.69 Å². The van der Waals surface area contributed by atoms with E-state index >= 15 is 0 Å². The molecule has 2 N–H and O–H groups in total. The number of nitrogens with two attached hydrogens (primary N) is 1. The lowest BCUT2D eigenvalue weighted by atomic mass is 10.1. The summed E-state index contributed by atoms with van der Waals surface area (Å²) in [5, 5.41) is 0. The second-order valence-electron chi connectivity index (χ2n) is 5.22. The number of carbonyl (C=O) groups is 1. The van der Waals surface area contributed by atoms with Crippen LogP contribution in [0.5, 0.6) is 0 Å². The molecule has 0 radical (unpaired) electrons. The van der Waals surface area contributed by atoms with Crippen molar-refractivity contribution >= 4 is 35.3 Å². The van der Waals surface area contributed by atoms with Crippen LogP contribution in [0.25, 0.3) is 5.69 Å². The number of hydrogen-bond donors (Lipinski definition) is 1. The summed E-state index contributed by atoms with van der Waals surface area (Å²) in [6.45, 7) is 1.48. The quantitative estimate of drug-likeness (QED) is 0.852. The number of thiazole rings is 1. The van der Waals surface area contributed by atoms with Crippen LogP contribution in [-0.4, -0.2) is 28.5 Å². The second-order valence-corrected chi connectivity index (χ2v) is 6.87. The smallest absolute Gasteiger partial charge is 0.267 e. The van der Waals surface area contributed by atoms with Gasteiger partial charge in [0.2, 0.25) is 0 Å². The van der Waals surface area contributed by atoms with Crippen LogP contribution in [0.4, 0.5) is 10.2 Å².